The van der Waals surface area contributed by atoms with Crippen molar-refractivity contribution in [2.24, 2.45) is 0 Å². The number of nitrogens with zero attached hydrogens (tertiary/aromatic N) is 4. The van der Waals surface area contributed by atoms with Crippen molar-refractivity contribution in [3.05, 3.63) is 63.5 Å². The largest absolute Gasteiger partial charge is 0.295 e. The van der Waals surface area contributed by atoms with Crippen LogP contribution in [0, 0.1) is 0 Å². The van der Waals surface area contributed by atoms with Crippen LogP contribution < -0.4 is 10.7 Å². The molecule has 0 saturated heterocycles. The number of benzene rings is 1. The quantitative estimate of drug-likeness (QED) is 0.787. The Bertz CT molecular complexity index is 917. The number of aromatic nitrogens is 4. The molecule has 0 aliphatic carbocycles. The van der Waals surface area contributed by atoms with Crippen LogP contribution in [-0.4, -0.2) is 25.9 Å². The van der Waals surface area contributed by atoms with E-state index in [1.165, 1.54) is 28.3 Å². The Kier molecular flexibility index (Phi) is 4.48. The summed E-state index contributed by atoms with van der Waals surface area (Å²) >= 11 is 1.28. The number of hydrogen-bond donors (Lipinski definition) is 1. The minimum absolute atomic E-state index is 0.192. The molecule has 0 aliphatic rings. The summed E-state index contributed by atoms with van der Waals surface area (Å²) in [6.45, 7) is 3.98. The number of anilines is 1. The van der Waals surface area contributed by atoms with E-state index in [1.54, 1.807) is 0 Å². The van der Waals surface area contributed by atoms with Crippen LogP contribution in [0.3, 0.4) is 0 Å². The predicted molar refractivity (Wildman–Crippen MR) is 91.8 cm³/mol. The fourth-order valence-electron chi connectivity index (χ4n) is 1.96. The zero-order chi connectivity index (χ0) is 17.1. The van der Waals surface area contributed by atoms with Crippen molar-refractivity contribution >= 4 is 22.4 Å². The molecule has 2 aromatic heterocycles. The van der Waals surface area contributed by atoms with Crippen molar-refractivity contribution in [1.29, 1.82) is 0 Å². The molecule has 122 valence electrons. The third-order valence-electron chi connectivity index (χ3n) is 3.20. The Morgan fingerprint density at radius 2 is 1.92 bits per heavy atom. The number of amides is 1. The number of para-hydroxylation sites is 1. The van der Waals surface area contributed by atoms with Crippen LogP contribution in [0.25, 0.3) is 5.69 Å². The fourth-order valence-corrected chi connectivity index (χ4v) is 2.70. The number of nitrogens with one attached hydrogen (secondary N) is 1. The van der Waals surface area contributed by atoms with E-state index in [-0.39, 0.29) is 11.6 Å². The Morgan fingerprint density at radius 3 is 2.58 bits per heavy atom. The highest BCUT2D eigenvalue weighted by Gasteiger charge is 2.16. The summed E-state index contributed by atoms with van der Waals surface area (Å²) in [4.78, 5) is 24.3. The maximum Gasteiger partial charge on any atom is 0.282 e. The molecule has 8 heteroatoms. The molecule has 1 N–H and O–H groups in total. The molecule has 0 bridgehead atoms. The van der Waals surface area contributed by atoms with Gasteiger partial charge in [0, 0.05) is 18.2 Å². The second-order valence-electron chi connectivity index (χ2n) is 5.36. The van der Waals surface area contributed by atoms with E-state index in [9.17, 15) is 9.59 Å². The third kappa shape index (κ3) is 3.38. The minimum atomic E-state index is -0.600. The normalized spacial score (nSPS) is 10.8. The van der Waals surface area contributed by atoms with Crippen LogP contribution in [0.15, 0.2) is 47.4 Å². The van der Waals surface area contributed by atoms with Crippen molar-refractivity contribution in [2.45, 2.75) is 19.8 Å². The lowest BCUT2D eigenvalue weighted by Gasteiger charge is -2.06. The first-order chi connectivity index (χ1) is 11.5. The predicted octanol–water partition coefficient (Wildman–Crippen LogP) is 2.46. The lowest BCUT2D eigenvalue weighted by atomic mass is 10.2. The fraction of sp³-hybridized carbons (Fsp3) is 0.188. The SMILES string of the molecule is CC(C)c1nnc(NC(=O)c2nn(-c3ccccc3)ccc2=O)s1. The van der Waals surface area contributed by atoms with Gasteiger partial charge in [-0.25, -0.2) is 4.68 Å². The summed E-state index contributed by atoms with van der Waals surface area (Å²) in [5, 5.41) is 15.8. The molecule has 0 radical (unpaired) electrons. The molecule has 0 unspecified atom stereocenters. The molecular formula is C16H15N5O2S. The van der Waals surface area contributed by atoms with Gasteiger partial charge in [-0.2, -0.15) is 5.10 Å². The lowest BCUT2D eigenvalue weighted by Crippen LogP contribution is -2.25. The van der Waals surface area contributed by atoms with E-state index in [0.29, 0.717) is 5.13 Å². The Balaban J connectivity index is 1.87. The van der Waals surface area contributed by atoms with Crippen molar-refractivity contribution in [2.75, 3.05) is 5.32 Å². The van der Waals surface area contributed by atoms with Gasteiger partial charge in [-0.1, -0.05) is 43.4 Å². The van der Waals surface area contributed by atoms with Gasteiger partial charge in [0.1, 0.15) is 5.01 Å². The standard InChI is InChI=1S/C16H15N5O2S/c1-10(2)15-18-19-16(24-15)17-14(23)13-12(22)8-9-21(20-13)11-6-4-3-5-7-11/h3-10H,1-2H3,(H,17,19,23). The summed E-state index contributed by atoms with van der Waals surface area (Å²) < 4.78 is 1.48. The Morgan fingerprint density at radius 1 is 1.17 bits per heavy atom. The van der Waals surface area contributed by atoms with Crippen molar-refractivity contribution in [3.63, 3.8) is 0 Å². The first kappa shape index (κ1) is 16.0. The molecule has 24 heavy (non-hydrogen) atoms. The van der Waals surface area contributed by atoms with Gasteiger partial charge in [0.15, 0.2) is 5.69 Å². The van der Waals surface area contributed by atoms with Gasteiger partial charge in [-0.05, 0) is 12.1 Å². The van der Waals surface area contributed by atoms with Crippen LogP contribution in [0.4, 0.5) is 5.13 Å². The van der Waals surface area contributed by atoms with E-state index < -0.39 is 11.3 Å². The zero-order valence-electron chi connectivity index (χ0n) is 13.1. The molecule has 7 nitrogen and oxygen atoms in total. The van der Waals surface area contributed by atoms with Gasteiger partial charge in [-0.3, -0.25) is 14.9 Å². The molecule has 0 aliphatic heterocycles. The smallest absolute Gasteiger partial charge is 0.282 e. The van der Waals surface area contributed by atoms with E-state index in [2.05, 4.69) is 20.6 Å². The van der Waals surface area contributed by atoms with E-state index in [0.717, 1.165) is 10.7 Å². The highest BCUT2D eigenvalue weighted by Crippen LogP contribution is 2.22. The molecule has 3 aromatic rings. The molecule has 1 aromatic carbocycles. The number of hydrogen-bond acceptors (Lipinski definition) is 6. The Labute approximate surface area is 142 Å². The van der Waals surface area contributed by atoms with E-state index >= 15 is 0 Å². The molecule has 2 heterocycles. The van der Waals surface area contributed by atoms with Gasteiger partial charge >= 0.3 is 0 Å². The Hall–Kier alpha value is -2.87. The molecular weight excluding hydrogens is 326 g/mol. The van der Waals surface area contributed by atoms with E-state index in [1.807, 2.05) is 44.2 Å². The highest BCUT2D eigenvalue weighted by molar-refractivity contribution is 7.15. The summed E-state index contributed by atoms with van der Waals surface area (Å²) in [5.74, 6) is -0.380. The van der Waals surface area contributed by atoms with Crippen LogP contribution in [0.2, 0.25) is 0 Å². The average molecular weight is 341 g/mol. The van der Waals surface area contributed by atoms with Crippen molar-refractivity contribution in [1.82, 2.24) is 20.0 Å². The number of rotatable bonds is 4. The molecule has 3 rings (SSSR count). The first-order valence-corrected chi connectivity index (χ1v) is 8.16. The summed E-state index contributed by atoms with van der Waals surface area (Å²) in [6, 6.07) is 10.6. The molecule has 0 fully saturated rings. The number of carbonyl (C=O) groups excluding carboxylic acids is 1. The van der Waals surface area contributed by atoms with Crippen LogP contribution in [0.1, 0.15) is 35.3 Å². The summed E-state index contributed by atoms with van der Waals surface area (Å²) in [7, 11) is 0. The monoisotopic (exact) mass is 341 g/mol. The maximum atomic E-state index is 12.3. The number of carbonyl (C=O) groups is 1. The van der Waals surface area contributed by atoms with Crippen molar-refractivity contribution < 1.29 is 4.79 Å². The minimum Gasteiger partial charge on any atom is -0.295 e. The highest BCUT2D eigenvalue weighted by atomic mass is 32.1. The topological polar surface area (TPSA) is 89.8 Å². The zero-order valence-corrected chi connectivity index (χ0v) is 13.9. The molecule has 0 atom stereocenters. The van der Waals surface area contributed by atoms with Crippen LogP contribution in [-0.2, 0) is 0 Å². The van der Waals surface area contributed by atoms with Gasteiger partial charge in [0.2, 0.25) is 10.6 Å². The van der Waals surface area contributed by atoms with E-state index in [4.69, 9.17) is 0 Å². The lowest BCUT2D eigenvalue weighted by molar-refractivity contribution is 0.101. The van der Waals surface area contributed by atoms with Gasteiger partial charge in [0.25, 0.3) is 5.91 Å². The van der Waals surface area contributed by atoms with Crippen LogP contribution >= 0.6 is 11.3 Å². The van der Waals surface area contributed by atoms with Gasteiger partial charge in [0.05, 0.1) is 5.69 Å². The molecule has 0 saturated carbocycles. The maximum absolute atomic E-state index is 12.3. The van der Waals surface area contributed by atoms with Crippen LogP contribution in [0.5, 0.6) is 0 Å². The average Bonchev–Trinajstić information content (AvgIpc) is 3.05. The second-order valence-corrected chi connectivity index (χ2v) is 6.37. The van der Waals surface area contributed by atoms with Gasteiger partial charge in [-0.15, -0.1) is 10.2 Å². The van der Waals surface area contributed by atoms with Crippen molar-refractivity contribution in [3.8, 4) is 5.69 Å². The second kappa shape index (κ2) is 6.71. The first-order valence-electron chi connectivity index (χ1n) is 7.35. The summed E-state index contributed by atoms with van der Waals surface area (Å²) in [5.41, 5.74) is 0.112. The summed E-state index contributed by atoms with van der Waals surface area (Å²) in [6.07, 6.45) is 1.52. The molecule has 0 spiro atoms. The van der Waals surface area contributed by atoms with Gasteiger partial charge < -0.3 is 0 Å². The molecule has 1 amide bonds. The third-order valence-corrected chi connectivity index (χ3v) is 4.34.